The van der Waals surface area contributed by atoms with Gasteiger partial charge in [-0.15, -0.1) is 13.2 Å². The summed E-state index contributed by atoms with van der Waals surface area (Å²) in [5.41, 5.74) is 4.04. The van der Waals surface area contributed by atoms with Gasteiger partial charge in [-0.05, 0) is 54.4 Å². The Bertz CT molecular complexity index is 1170. The molecule has 0 unspecified atom stereocenters. The van der Waals surface area contributed by atoms with E-state index in [9.17, 15) is 13.2 Å². The predicted molar refractivity (Wildman–Crippen MR) is 107 cm³/mol. The maximum atomic E-state index is 12.4. The molecule has 0 N–H and O–H groups in total. The largest absolute Gasteiger partial charge is 0.573 e. The molecule has 8 heteroatoms. The number of anilines is 1. The predicted octanol–water partition coefficient (Wildman–Crippen LogP) is 5.73. The number of halogens is 3. The SMILES string of the molecule is Cc1cccc(CN(C)c2noc3ccc(-c4ccc(OC(F)(F)F)cc4)cc23)n1. The van der Waals surface area contributed by atoms with Crippen molar-refractivity contribution in [3.63, 3.8) is 0 Å². The normalized spacial score (nSPS) is 11.6. The Kier molecular flexibility index (Phi) is 5.07. The quantitative estimate of drug-likeness (QED) is 0.418. The van der Waals surface area contributed by atoms with E-state index in [0.29, 0.717) is 17.9 Å². The number of fused-ring (bicyclic) bond motifs is 1. The fourth-order valence-electron chi connectivity index (χ4n) is 3.24. The van der Waals surface area contributed by atoms with Crippen molar-refractivity contribution < 1.29 is 22.4 Å². The van der Waals surface area contributed by atoms with Crippen molar-refractivity contribution in [2.45, 2.75) is 19.8 Å². The lowest BCUT2D eigenvalue weighted by Crippen LogP contribution is -2.17. The average molecular weight is 413 g/mol. The van der Waals surface area contributed by atoms with Crippen LogP contribution in [-0.4, -0.2) is 23.6 Å². The van der Waals surface area contributed by atoms with Crippen molar-refractivity contribution in [1.82, 2.24) is 10.1 Å². The molecule has 154 valence electrons. The highest BCUT2D eigenvalue weighted by atomic mass is 19.4. The van der Waals surface area contributed by atoms with Crippen molar-refractivity contribution in [1.29, 1.82) is 0 Å². The molecule has 2 aromatic carbocycles. The summed E-state index contributed by atoms with van der Waals surface area (Å²) < 4.78 is 46.4. The summed E-state index contributed by atoms with van der Waals surface area (Å²) in [6.45, 7) is 2.49. The van der Waals surface area contributed by atoms with Gasteiger partial charge in [-0.3, -0.25) is 4.98 Å². The number of rotatable bonds is 5. The van der Waals surface area contributed by atoms with E-state index in [2.05, 4.69) is 14.9 Å². The van der Waals surface area contributed by atoms with Gasteiger partial charge in [0, 0.05) is 12.7 Å². The Labute approximate surface area is 170 Å². The molecular formula is C22H18F3N3O2. The number of aryl methyl sites for hydroxylation is 1. The van der Waals surface area contributed by atoms with Crippen LogP contribution in [0.1, 0.15) is 11.4 Å². The Balaban J connectivity index is 1.61. The molecule has 0 aliphatic rings. The van der Waals surface area contributed by atoms with Gasteiger partial charge in [0.15, 0.2) is 11.4 Å². The number of pyridine rings is 1. The molecule has 30 heavy (non-hydrogen) atoms. The van der Waals surface area contributed by atoms with Gasteiger partial charge in [-0.2, -0.15) is 0 Å². The molecule has 0 aliphatic heterocycles. The van der Waals surface area contributed by atoms with E-state index in [0.717, 1.165) is 27.9 Å². The molecule has 0 radical (unpaired) electrons. The van der Waals surface area contributed by atoms with E-state index in [-0.39, 0.29) is 5.75 Å². The molecule has 0 saturated carbocycles. The minimum absolute atomic E-state index is 0.261. The first-order valence-corrected chi connectivity index (χ1v) is 9.18. The van der Waals surface area contributed by atoms with Crippen molar-refractivity contribution in [3.8, 4) is 16.9 Å². The highest BCUT2D eigenvalue weighted by molar-refractivity contribution is 5.92. The summed E-state index contributed by atoms with van der Waals surface area (Å²) in [4.78, 5) is 6.45. The highest BCUT2D eigenvalue weighted by Crippen LogP contribution is 2.32. The van der Waals surface area contributed by atoms with Gasteiger partial charge in [0.05, 0.1) is 17.6 Å². The summed E-state index contributed by atoms with van der Waals surface area (Å²) >= 11 is 0. The standard InChI is InChI=1S/C22H18F3N3O2/c1-14-4-3-5-17(26-14)13-28(2)21-19-12-16(8-11-20(19)30-27-21)15-6-9-18(10-7-15)29-22(23,24)25/h3-12H,13H2,1-2H3. The van der Waals surface area contributed by atoms with Gasteiger partial charge in [0.2, 0.25) is 0 Å². The number of nitrogens with zero attached hydrogens (tertiary/aromatic N) is 3. The molecule has 0 aliphatic carbocycles. The summed E-state index contributed by atoms with van der Waals surface area (Å²) in [6, 6.07) is 17.1. The Morgan fingerprint density at radius 1 is 1.00 bits per heavy atom. The van der Waals surface area contributed by atoms with Crippen molar-refractivity contribution in [2.75, 3.05) is 11.9 Å². The van der Waals surface area contributed by atoms with Crippen LogP contribution in [0.25, 0.3) is 22.1 Å². The minimum atomic E-state index is -4.71. The number of hydrogen-bond acceptors (Lipinski definition) is 5. The van der Waals surface area contributed by atoms with Gasteiger partial charge < -0.3 is 14.2 Å². The van der Waals surface area contributed by atoms with Crippen molar-refractivity contribution >= 4 is 16.8 Å². The molecule has 0 bridgehead atoms. The molecule has 0 spiro atoms. The van der Waals surface area contributed by atoms with Crippen LogP contribution in [0, 0.1) is 6.92 Å². The number of hydrogen-bond donors (Lipinski definition) is 0. The molecule has 0 atom stereocenters. The maximum Gasteiger partial charge on any atom is 0.573 e. The fraction of sp³-hybridized carbons (Fsp3) is 0.182. The number of alkyl halides is 3. The van der Waals surface area contributed by atoms with E-state index in [1.807, 2.05) is 49.2 Å². The topological polar surface area (TPSA) is 51.4 Å². The van der Waals surface area contributed by atoms with E-state index < -0.39 is 6.36 Å². The molecule has 2 aromatic heterocycles. The molecule has 4 rings (SSSR count). The minimum Gasteiger partial charge on any atom is -0.406 e. The third kappa shape index (κ3) is 4.37. The van der Waals surface area contributed by atoms with Gasteiger partial charge in [0.25, 0.3) is 0 Å². The molecular weight excluding hydrogens is 395 g/mol. The van der Waals surface area contributed by atoms with E-state index in [1.165, 1.54) is 12.1 Å². The molecule has 5 nitrogen and oxygen atoms in total. The first-order chi connectivity index (χ1) is 14.3. The van der Waals surface area contributed by atoms with Gasteiger partial charge >= 0.3 is 6.36 Å². The van der Waals surface area contributed by atoms with Crippen LogP contribution in [0.2, 0.25) is 0 Å². The fourth-order valence-corrected chi connectivity index (χ4v) is 3.24. The molecule has 0 amide bonds. The number of ether oxygens (including phenoxy) is 1. The molecule has 2 heterocycles. The second kappa shape index (κ2) is 7.70. The zero-order valence-corrected chi connectivity index (χ0v) is 16.3. The summed E-state index contributed by atoms with van der Waals surface area (Å²) in [6.07, 6.45) is -4.71. The maximum absolute atomic E-state index is 12.4. The first kappa shape index (κ1) is 19.8. The average Bonchev–Trinajstić information content (AvgIpc) is 3.11. The summed E-state index contributed by atoms with van der Waals surface area (Å²) in [5.74, 6) is 0.399. The second-order valence-electron chi connectivity index (χ2n) is 6.92. The smallest absolute Gasteiger partial charge is 0.406 e. The highest BCUT2D eigenvalue weighted by Gasteiger charge is 2.31. The Hall–Kier alpha value is -3.55. The Morgan fingerprint density at radius 3 is 2.43 bits per heavy atom. The lowest BCUT2D eigenvalue weighted by atomic mass is 10.0. The van der Waals surface area contributed by atoms with Crippen LogP contribution in [0.5, 0.6) is 5.75 Å². The monoisotopic (exact) mass is 413 g/mol. The number of benzene rings is 2. The second-order valence-corrected chi connectivity index (χ2v) is 6.92. The third-order valence-corrected chi connectivity index (χ3v) is 4.58. The van der Waals surface area contributed by atoms with Gasteiger partial charge in [-0.25, -0.2) is 0 Å². The summed E-state index contributed by atoms with van der Waals surface area (Å²) in [7, 11) is 1.90. The zero-order chi connectivity index (χ0) is 21.3. The van der Waals surface area contributed by atoms with Crippen LogP contribution in [0.3, 0.4) is 0 Å². The lowest BCUT2D eigenvalue weighted by Gasteiger charge is -2.16. The van der Waals surface area contributed by atoms with Crippen molar-refractivity contribution in [3.05, 3.63) is 72.1 Å². The van der Waals surface area contributed by atoms with Gasteiger partial charge in [-0.1, -0.05) is 29.4 Å². The molecule has 0 saturated heterocycles. The summed E-state index contributed by atoms with van der Waals surface area (Å²) in [5, 5.41) is 4.99. The van der Waals surface area contributed by atoms with Crippen LogP contribution in [0.15, 0.2) is 65.2 Å². The van der Waals surface area contributed by atoms with E-state index in [1.54, 1.807) is 18.2 Å². The first-order valence-electron chi connectivity index (χ1n) is 9.18. The van der Waals surface area contributed by atoms with Crippen LogP contribution < -0.4 is 9.64 Å². The van der Waals surface area contributed by atoms with Gasteiger partial charge in [0.1, 0.15) is 5.75 Å². The lowest BCUT2D eigenvalue weighted by molar-refractivity contribution is -0.274. The number of aromatic nitrogens is 2. The van der Waals surface area contributed by atoms with Crippen LogP contribution >= 0.6 is 0 Å². The third-order valence-electron chi connectivity index (χ3n) is 4.58. The van der Waals surface area contributed by atoms with E-state index in [4.69, 9.17) is 4.52 Å². The van der Waals surface area contributed by atoms with Crippen LogP contribution in [-0.2, 0) is 6.54 Å². The molecule has 0 fully saturated rings. The van der Waals surface area contributed by atoms with Crippen molar-refractivity contribution in [2.24, 2.45) is 0 Å². The van der Waals surface area contributed by atoms with E-state index >= 15 is 0 Å². The van der Waals surface area contributed by atoms with Crippen LogP contribution in [0.4, 0.5) is 19.0 Å². The zero-order valence-electron chi connectivity index (χ0n) is 16.3. The molecule has 4 aromatic rings. The Morgan fingerprint density at radius 2 is 1.73 bits per heavy atom.